The van der Waals surface area contributed by atoms with Gasteiger partial charge in [-0.25, -0.2) is 12.8 Å². The van der Waals surface area contributed by atoms with E-state index in [0.29, 0.717) is 22.6 Å². The SMILES string of the molecule is CCn1c(=NC(=O)CS(=O)(=O)CC(=O)N2CCCCC2C)sc2cc(F)ccc21. The predicted octanol–water partition coefficient (Wildman–Crippen LogP) is 2.10. The Labute approximate surface area is 172 Å². The number of carbonyl (C=O) groups is 2. The Kier molecular flexibility index (Phi) is 6.52. The maximum absolute atomic E-state index is 13.5. The van der Waals surface area contributed by atoms with E-state index in [4.69, 9.17) is 0 Å². The molecular weight excluding hydrogens is 417 g/mol. The number of fused-ring (bicyclic) bond motifs is 1. The van der Waals surface area contributed by atoms with Crippen LogP contribution in [0.4, 0.5) is 4.39 Å². The van der Waals surface area contributed by atoms with Gasteiger partial charge in [0.1, 0.15) is 17.3 Å². The van der Waals surface area contributed by atoms with E-state index in [0.717, 1.165) is 36.1 Å². The number of nitrogens with zero attached hydrogens (tertiary/aromatic N) is 3. The molecule has 0 spiro atoms. The summed E-state index contributed by atoms with van der Waals surface area (Å²) in [6.45, 7) is 4.80. The van der Waals surface area contributed by atoms with E-state index < -0.39 is 39.0 Å². The monoisotopic (exact) mass is 441 g/mol. The van der Waals surface area contributed by atoms with Crippen LogP contribution in [0.2, 0.25) is 0 Å². The zero-order chi connectivity index (χ0) is 21.2. The van der Waals surface area contributed by atoms with Gasteiger partial charge in [-0.05, 0) is 51.3 Å². The molecule has 1 aromatic heterocycles. The van der Waals surface area contributed by atoms with E-state index in [1.165, 1.54) is 12.1 Å². The molecule has 7 nitrogen and oxygen atoms in total. The molecule has 3 rings (SSSR count). The van der Waals surface area contributed by atoms with Crippen LogP contribution in [0.3, 0.4) is 0 Å². The number of amides is 2. The lowest BCUT2D eigenvalue weighted by atomic mass is 10.0. The van der Waals surface area contributed by atoms with E-state index in [9.17, 15) is 22.4 Å². The number of aromatic nitrogens is 1. The fourth-order valence-electron chi connectivity index (χ4n) is 3.56. The number of hydrogen-bond acceptors (Lipinski definition) is 5. The number of sulfone groups is 1. The first-order chi connectivity index (χ1) is 13.7. The van der Waals surface area contributed by atoms with Gasteiger partial charge in [-0.1, -0.05) is 11.3 Å². The van der Waals surface area contributed by atoms with Gasteiger partial charge in [0.2, 0.25) is 5.91 Å². The highest BCUT2D eigenvalue weighted by Gasteiger charge is 2.28. The molecule has 2 amide bonds. The molecule has 1 aliphatic rings. The summed E-state index contributed by atoms with van der Waals surface area (Å²) in [4.78, 5) is 30.5. The topological polar surface area (TPSA) is 88.8 Å². The lowest BCUT2D eigenvalue weighted by molar-refractivity contribution is -0.131. The van der Waals surface area contributed by atoms with Crippen molar-refractivity contribution in [3.05, 3.63) is 28.8 Å². The Morgan fingerprint density at radius 1 is 1.28 bits per heavy atom. The molecule has 1 aromatic carbocycles. The Hall–Kier alpha value is -2.07. The Morgan fingerprint density at radius 3 is 2.72 bits per heavy atom. The average Bonchev–Trinajstić information content (AvgIpc) is 2.96. The van der Waals surface area contributed by atoms with Crippen molar-refractivity contribution < 1.29 is 22.4 Å². The first kappa shape index (κ1) is 21.6. The molecule has 0 radical (unpaired) electrons. The van der Waals surface area contributed by atoms with Crippen LogP contribution in [0.15, 0.2) is 23.2 Å². The fourth-order valence-corrected chi connectivity index (χ4v) is 5.78. The van der Waals surface area contributed by atoms with Gasteiger partial charge in [-0.3, -0.25) is 9.59 Å². The van der Waals surface area contributed by atoms with Gasteiger partial charge in [0.25, 0.3) is 5.91 Å². The van der Waals surface area contributed by atoms with Crippen molar-refractivity contribution in [1.82, 2.24) is 9.47 Å². The standard InChI is InChI=1S/C19H24FN3O4S2/c1-3-22-15-8-7-14(20)10-16(15)28-19(22)21-17(24)11-29(26,27)12-18(25)23-9-5-4-6-13(23)2/h7-8,10,13H,3-6,9,11-12H2,1-2H3. The molecule has 0 N–H and O–H groups in total. The van der Waals surface area contributed by atoms with Crippen molar-refractivity contribution >= 4 is 43.2 Å². The van der Waals surface area contributed by atoms with E-state index in [1.54, 1.807) is 15.5 Å². The predicted molar refractivity (Wildman–Crippen MR) is 110 cm³/mol. The minimum absolute atomic E-state index is 0.00861. The second-order valence-electron chi connectivity index (χ2n) is 7.21. The van der Waals surface area contributed by atoms with Crippen LogP contribution in [0.1, 0.15) is 33.1 Å². The molecule has 1 atom stereocenters. The summed E-state index contributed by atoms with van der Waals surface area (Å²) in [7, 11) is -3.93. The highest BCUT2D eigenvalue weighted by Crippen LogP contribution is 2.19. The number of piperidine rings is 1. The molecule has 10 heteroatoms. The van der Waals surface area contributed by atoms with Crippen molar-refractivity contribution in [2.45, 2.75) is 45.7 Å². The average molecular weight is 442 g/mol. The summed E-state index contributed by atoms with van der Waals surface area (Å²) in [5, 5.41) is 0. The van der Waals surface area contributed by atoms with Gasteiger partial charge in [-0.15, -0.1) is 0 Å². The summed E-state index contributed by atoms with van der Waals surface area (Å²) >= 11 is 1.12. The third kappa shape index (κ3) is 5.11. The van der Waals surface area contributed by atoms with Gasteiger partial charge < -0.3 is 9.47 Å². The Balaban J connectivity index is 1.77. The first-order valence-corrected chi connectivity index (χ1v) is 12.2. The quantitative estimate of drug-likeness (QED) is 0.711. The fraction of sp³-hybridized carbons (Fsp3) is 0.526. The number of aryl methyl sites for hydroxylation is 1. The molecule has 158 valence electrons. The summed E-state index contributed by atoms with van der Waals surface area (Å²) in [5.41, 5.74) is 0.725. The summed E-state index contributed by atoms with van der Waals surface area (Å²) in [6, 6.07) is 4.29. The van der Waals surface area contributed by atoms with Crippen LogP contribution in [0.25, 0.3) is 10.2 Å². The molecule has 1 fully saturated rings. The number of carbonyl (C=O) groups excluding carboxylic acids is 2. The van der Waals surface area contributed by atoms with Gasteiger partial charge in [0.05, 0.1) is 10.2 Å². The number of rotatable bonds is 5. The summed E-state index contributed by atoms with van der Waals surface area (Å²) < 4.78 is 40.6. The van der Waals surface area contributed by atoms with Crippen LogP contribution in [0, 0.1) is 5.82 Å². The number of likely N-dealkylation sites (tertiary alicyclic amines) is 1. The summed E-state index contributed by atoms with van der Waals surface area (Å²) in [5.74, 6) is -3.21. The van der Waals surface area contributed by atoms with Crippen LogP contribution in [-0.4, -0.2) is 53.8 Å². The van der Waals surface area contributed by atoms with Gasteiger partial charge >= 0.3 is 0 Å². The van der Waals surface area contributed by atoms with Crippen molar-refractivity contribution in [2.24, 2.45) is 4.99 Å². The molecule has 0 saturated carbocycles. The van der Waals surface area contributed by atoms with Gasteiger partial charge in [-0.2, -0.15) is 4.99 Å². The number of benzene rings is 1. The zero-order valence-electron chi connectivity index (χ0n) is 16.4. The molecule has 1 saturated heterocycles. The molecule has 2 aromatic rings. The van der Waals surface area contributed by atoms with Crippen LogP contribution in [0.5, 0.6) is 0 Å². The highest BCUT2D eigenvalue weighted by molar-refractivity contribution is 7.92. The smallest absolute Gasteiger partial charge is 0.263 e. The highest BCUT2D eigenvalue weighted by atomic mass is 32.2. The molecule has 29 heavy (non-hydrogen) atoms. The Morgan fingerprint density at radius 2 is 2.03 bits per heavy atom. The molecule has 1 aliphatic heterocycles. The van der Waals surface area contributed by atoms with Gasteiger partial charge in [0.15, 0.2) is 14.6 Å². The maximum atomic E-state index is 13.5. The van der Waals surface area contributed by atoms with Gasteiger partial charge in [0, 0.05) is 19.1 Å². The lowest BCUT2D eigenvalue weighted by Gasteiger charge is -2.33. The lowest BCUT2D eigenvalue weighted by Crippen LogP contribution is -2.45. The molecule has 0 aliphatic carbocycles. The largest absolute Gasteiger partial charge is 0.339 e. The van der Waals surface area contributed by atoms with Crippen molar-refractivity contribution in [3.63, 3.8) is 0 Å². The van der Waals surface area contributed by atoms with Crippen molar-refractivity contribution in [1.29, 1.82) is 0 Å². The van der Waals surface area contributed by atoms with E-state index in [1.807, 2.05) is 13.8 Å². The third-order valence-electron chi connectivity index (χ3n) is 4.99. The van der Waals surface area contributed by atoms with Crippen molar-refractivity contribution in [3.8, 4) is 0 Å². The van der Waals surface area contributed by atoms with Crippen molar-refractivity contribution in [2.75, 3.05) is 18.1 Å². The van der Waals surface area contributed by atoms with E-state index in [2.05, 4.69) is 4.99 Å². The van der Waals surface area contributed by atoms with Crippen LogP contribution >= 0.6 is 11.3 Å². The van der Waals surface area contributed by atoms with Crippen LogP contribution < -0.4 is 4.80 Å². The molecule has 2 heterocycles. The minimum Gasteiger partial charge on any atom is -0.339 e. The third-order valence-corrected chi connectivity index (χ3v) is 7.41. The minimum atomic E-state index is -3.93. The number of hydrogen-bond donors (Lipinski definition) is 0. The Bertz CT molecular complexity index is 1100. The zero-order valence-corrected chi connectivity index (χ0v) is 18.1. The molecular formula is C19H24FN3O4S2. The molecule has 1 unspecified atom stereocenters. The van der Waals surface area contributed by atoms with Crippen LogP contribution in [-0.2, 0) is 26.0 Å². The van der Waals surface area contributed by atoms with E-state index in [-0.39, 0.29) is 6.04 Å². The van der Waals surface area contributed by atoms with E-state index >= 15 is 0 Å². The normalized spacial score (nSPS) is 18.4. The maximum Gasteiger partial charge on any atom is 0.263 e. The second kappa shape index (κ2) is 8.74. The number of halogens is 1. The molecule has 0 bridgehead atoms. The first-order valence-electron chi connectivity index (χ1n) is 9.56. The second-order valence-corrected chi connectivity index (χ2v) is 10.3. The number of thiazole rings is 1. The summed E-state index contributed by atoms with van der Waals surface area (Å²) in [6.07, 6.45) is 2.73.